The number of carbonyl (C=O) groups excluding carboxylic acids is 1. The lowest BCUT2D eigenvalue weighted by Crippen LogP contribution is -2.37. The summed E-state index contributed by atoms with van der Waals surface area (Å²) in [6, 6.07) is 5.93. The Morgan fingerprint density at radius 1 is 1.26 bits per heavy atom. The molecule has 1 aromatic rings. The average molecular weight is 286 g/mol. The molecule has 0 atom stereocenters. The molecule has 2 amide bonds. The molecule has 0 spiro atoms. The Hall–Kier alpha value is -1.80. The summed E-state index contributed by atoms with van der Waals surface area (Å²) in [7, 11) is -3.62. The normalized spacial score (nSPS) is 11.0. The van der Waals surface area contributed by atoms with Gasteiger partial charge in [0.15, 0.2) is 0 Å². The second-order valence-corrected chi connectivity index (χ2v) is 5.45. The minimum atomic E-state index is -3.62. The Labute approximate surface area is 112 Å². The maximum atomic E-state index is 12.1. The van der Waals surface area contributed by atoms with Gasteiger partial charge in [-0.1, -0.05) is 12.1 Å². The van der Waals surface area contributed by atoms with Gasteiger partial charge < -0.3 is 16.4 Å². The predicted molar refractivity (Wildman–Crippen MR) is 73.4 cm³/mol. The molecule has 0 saturated carbocycles. The molecule has 106 valence electrons. The van der Waals surface area contributed by atoms with E-state index in [-0.39, 0.29) is 18.0 Å². The fourth-order valence-electron chi connectivity index (χ4n) is 1.49. The number of hydrogen-bond acceptors (Lipinski definition) is 4. The van der Waals surface area contributed by atoms with Crippen LogP contribution in [-0.4, -0.2) is 34.1 Å². The minimum absolute atomic E-state index is 0.0751. The lowest BCUT2D eigenvalue weighted by molar-refractivity contribution is 0.249. The van der Waals surface area contributed by atoms with Crippen molar-refractivity contribution in [3.05, 3.63) is 24.3 Å². The molecular formula is C11H18N4O3S. The zero-order valence-electron chi connectivity index (χ0n) is 10.6. The van der Waals surface area contributed by atoms with Crippen LogP contribution in [0.5, 0.6) is 0 Å². The molecule has 0 fully saturated rings. The van der Waals surface area contributed by atoms with Gasteiger partial charge >= 0.3 is 6.03 Å². The monoisotopic (exact) mass is 286 g/mol. The van der Waals surface area contributed by atoms with Crippen molar-refractivity contribution < 1.29 is 13.2 Å². The molecule has 0 aromatic heterocycles. The smallest absolute Gasteiger partial charge is 0.312 e. The summed E-state index contributed by atoms with van der Waals surface area (Å²) in [5.41, 5.74) is 5.42. The summed E-state index contributed by atoms with van der Waals surface area (Å²) in [6.45, 7) is 2.72. The van der Waals surface area contributed by atoms with Crippen LogP contribution < -0.4 is 21.1 Å². The average Bonchev–Trinajstić information content (AvgIpc) is 2.35. The molecular weight excluding hydrogens is 268 g/mol. The number of para-hydroxylation sites is 1. The number of sulfonamides is 1. The molecule has 0 aliphatic heterocycles. The van der Waals surface area contributed by atoms with Crippen molar-refractivity contribution in [1.82, 2.24) is 10.0 Å². The molecule has 0 unspecified atom stereocenters. The van der Waals surface area contributed by atoms with Crippen molar-refractivity contribution in [2.45, 2.75) is 11.8 Å². The molecule has 0 aliphatic carbocycles. The standard InChI is InChI=1S/C11H18N4O3S/c1-2-13-9-5-3-4-6-10(9)19(17,18)15-8-7-14-11(12)16/h3-6,13,15H,2,7-8H2,1H3,(H3,12,14,16). The fourth-order valence-corrected chi connectivity index (χ4v) is 2.70. The summed E-state index contributed by atoms with van der Waals surface area (Å²) in [5.74, 6) is 0. The molecule has 0 bridgehead atoms. The van der Waals surface area contributed by atoms with Crippen LogP contribution in [0.4, 0.5) is 10.5 Å². The van der Waals surface area contributed by atoms with Crippen LogP contribution >= 0.6 is 0 Å². The van der Waals surface area contributed by atoms with Crippen LogP contribution in [0.25, 0.3) is 0 Å². The number of urea groups is 1. The number of carbonyl (C=O) groups is 1. The lowest BCUT2D eigenvalue weighted by atomic mass is 10.3. The van der Waals surface area contributed by atoms with Gasteiger partial charge in [0.2, 0.25) is 10.0 Å². The number of hydrogen-bond donors (Lipinski definition) is 4. The number of nitrogens with two attached hydrogens (primary N) is 1. The Morgan fingerprint density at radius 3 is 2.58 bits per heavy atom. The first-order valence-corrected chi connectivity index (χ1v) is 7.31. The van der Waals surface area contributed by atoms with Gasteiger partial charge in [-0.25, -0.2) is 17.9 Å². The number of nitrogens with one attached hydrogen (secondary N) is 3. The SMILES string of the molecule is CCNc1ccccc1S(=O)(=O)NCCNC(N)=O. The Kier molecular flexibility index (Phi) is 5.58. The molecule has 8 heteroatoms. The first-order valence-electron chi connectivity index (χ1n) is 5.83. The van der Waals surface area contributed by atoms with E-state index in [2.05, 4.69) is 15.4 Å². The summed E-state index contributed by atoms with van der Waals surface area (Å²) in [4.78, 5) is 10.6. The molecule has 19 heavy (non-hydrogen) atoms. The van der Waals surface area contributed by atoms with Crippen molar-refractivity contribution >= 4 is 21.7 Å². The zero-order valence-corrected chi connectivity index (χ0v) is 11.5. The first-order chi connectivity index (χ1) is 8.97. The predicted octanol–water partition coefficient (Wildman–Crippen LogP) is 0.0650. The van der Waals surface area contributed by atoms with Gasteiger partial charge in [0.25, 0.3) is 0 Å². The largest absolute Gasteiger partial charge is 0.384 e. The zero-order chi connectivity index (χ0) is 14.3. The van der Waals surface area contributed by atoms with Gasteiger partial charge in [0.1, 0.15) is 4.90 Å². The molecule has 0 aliphatic rings. The van der Waals surface area contributed by atoms with E-state index in [0.29, 0.717) is 12.2 Å². The quantitative estimate of drug-likeness (QED) is 0.531. The van der Waals surface area contributed by atoms with Crippen LogP contribution in [0.1, 0.15) is 6.92 Å². The second-order valence-electron chi connectivity index (χ2n) is 3.72. The Morgan fingerprint density at radius 2 is 1.95 bits per heavy atom. The van der Waals surface area contributed by atoms with Crippen molar-refractivity contribution in [3.8, 4) is 0 Å². The van der Waals surface area contributed by atoms with Crippen LogP contribution in [-0.2, 0) is 10.0 Å². The third kappa shape index (κ3) is 4.76. The Bertz CT molecular complexity index is 530. The second kappa shape index (κ2) is 6.95. The number of anilines is 1. The van der Waals surface area contributed by atoms with E-state index in [0.717, 1.165) is 0 Å². The highest BCUT2D eigenvalue weighted by Gasteiger charge is 2.17. The number of rotatable bonds is 7. The summed E-state index contributed by atoms with van der Waals surface area (Å²) < 4.78 is 26.5. The van der Waals surface area contributed by atoms with E-state index in [4.69, 9.17) is 5.73 Å². The summed E-state index contributed by atoms with van der Waals surface area (Å²) in [5, 5.41) is 5.29. The van der Waals surface area contributed by atoms with Crippen molar-refractivity contribution in [2.75, 3.05) is 25.0 Å². The van der Waals surface area contributed by atoms with E-state index in [1.165, 1.54) is 6.07 Å². The molecule has 5 N–H and O–H groups in total. The van der Waals surface area contributed by atoms with E-state index in [1.807, 2.05) is 6.92 Å². The van der Waals surface area contributed by atoms with Gasteiger partial charge in [-0.2, -0.15) is 0 Å². The maximum absolute atomic E-state index is 12.1. The molecule has 7 nitrogen and oxygen atoms in total. The summed E-state index contributed by atoms with van der Waals surface area (Å²) in [6.07, 6.45) is 0. The lowest BCUT2D eigenvalue weighted by Gasteiger charge is -2.12. The van der Waals surface area contributed by atoms with E-state index >= 15 is 0 Å². The minimum Gasteiger partial charge on any atom is -0.384 e. The molecule has 0 saturated heterocycles. The number of benzene rings is 1. The molecule has 1 aromatic carbocycles. The van der Waals surface area contributed by atoms with Gasteiger partial charge in [0, 0.05) is 19.6 Å². The maximum Gasteiger partial charge on any atom is 0.312 e. The first kappa shape index (κ1) is 15.3. The van der Waals surface area contributed by atoms with E-state index in [1.54, 1.807) is 18.2 Å². The number of primary amides is 1. The topological polar surface area (TPSA) is 113 Å². The van der Waals surface area contributed by atoms with E-state index in [9.17, 15) is 13.2 Å². The highest BCUT2D eigenvalue weighted by atomic mass is 32.2. The molecule has 0 radical (unpaired) electrons. The highest BCUT2D eigenvalue weighted by molar-refractivity contribution is 7.89. The third-order valence-corrected chi connectivity index (χ3v) is 3.78. The van der Waals surface area contributed by atoms with Crippen molar-refractivity contribution in [2.24, 2.45) is 5.73 Å². The van der Waals surface area contributed by atoms with E-state index < -0.39 is 16.1 Å². The highest BCUT2D eigenvalue weighted by Crippen LogP contribution is 2.19. The fraction of sp³-hybridized carbons (Fsp3) is 0.364. The Balaban J connectivity index is 2.74. The van der Waals surface area contributed by atoms with Crippen LogP contribution in [0.3, 0.4) is 0 Å². The molecule has 1 rings (SSSR count). The van der Waals surface area contributed by atoms with Crippen molar-refractivity contribution in [3.63, 3.8) is 0 Å². The molecule has 0 heterocycles. The third-order valence-electron chi connectivity index (χ3n) is 2.26. The van der Waals surface area contributed by atoms with Crippen LogP contribution in [0.15, 0.2) is 29.2 Å². The summed E-state index contributed by atoms with van der Waals surface area (Å²) >= 11 is 0. The van der Waals surface area contributed by atoms with Gasteiger partial charge in [0.05, 0.1) is 5.69 Å². The van der Waals surface area contributed by atoms with Crippen LogP contribution in [0.2, 0.25) is 0 Å². The van der Waals surface area contributed by atoms with Gasteiger partial charge in [-0.15, -0.1) is 0 Å². The number of amides is 2. The van der Waals surface area contributed by atoms with Crippen molar-refractivity contribution in [1.29, 1.82) is 0 Å². The van der Waals surface area contributed by atoms with Gasteiger partial charge in [-0.3, -0.25) is 0 Å². The van der Waals surface area contributed by atoms with Gasteiger partial charge in [-0.05, 0) is 19.1 Å². The van der Waals surface area contributed by atoms with Crippen LogP contribution in [0, 0.1) is 0 Å².